The third-order valence-electron chi connectivity index (χ3n) is 5.47. The third kappa shape index (κ3) is 10.4. The Bertz CT molecular complexity index is 835. The summed E-state index contributed by atoms with van der Waals surface area (Å²) >= 11 is 1.80. The minimum absolute atomic E-state index is 0.174. The number of hydrogen-bond acceptors (Lipinski definition) is 4. The van der Waals surface area contributed by atoms with Crippen molar-refractivity contribution in [2.75, 3.05) is 20.0 Å². The highest BCUT2D eigenvalue weighted by Crippen LogP contribution is 2.26. The van der Waals surface area contributed by atoms with Gasteiger partial charge in [0.05, 0.1) is 7.11 Å². The van der Waals surface area contributed by atoms with Gasteiger partial charge in [-0.25, -0.2) is 0 Å². The molecule has 0 aliphatic heterocycles. The van der Waals surface area contributed by atoms with Crippen LogP contribution in [0.15, 0.2) is 81.6 Å². The fourth-order valence-electron chi connectivity index (χ4n) is 3.39. The molecule has 0 fully saturated rings. The lowest BCUT2D eigenvalue weighted by Gasteiger charge is -2.13. The second kappa shape index (κ2) is 15.6. The fourth-order valence-corrected chi connectivity index (χ4v) is 3.83. The highest BCUT2D eigenvalue weighted by Gasteiger charge is 2.09. The Labute approximate surface area is 199 Å². The maximum atomic E-state index is 11.4. The highest BCUT2D eigenvalue weighted by molar-refractivity contribution is 8.02. The summed E-state index contributed by atoms with van der Waals surface area (Å²) in [6, 6.07) is 0. The van der Waals surface area contributed by atoms with Gasteiger partial charge in [0.15, 0.2) is 0 Å². The maximum absolute atomic E-state index is 11.4. The first-order chi connectivity index (χ1) is 15.3. The highest BCUT2D eigenvalue weighted by atomic mass is 32.2. The Morgan fingerprint density at radius 1 is 1.22 bits per heavy atom. The maximum Gasteiger partial charge on any atom is 0.305 e. The summed E-state index contributed by atoms with van der Waals surface area (Å²) in [6.45, 7) is 11.4. The van der Waals surface area contributed by atoms with Crippen molar-refractivity contribution in [3.63, 3.8) is 0 Å². The summed E-state index contributed by atoms with van der Waals surface area (Å²) in [6.07, 6.45) is 22.0. The summed E-state index contributed by atoms with van der Waals surface area (Å²) in [5.74, 6) is 0.866. The predicted octanol–water partition coefficient (Wildman–Crippen LogP) is 7.86. The first-order valence-corrected chi connectivity index (χ1v) is 12.6. The van der Waals surface area contributed by atoms with Crippen LogP contribution in [0, 0.1) is 5.92 Å². The summed E-state index contributed by atoms with van der Waals surface area (Å²) < 4.78 is 10.8. The van der Waals surface area contributed by atoms with E-state index in [9.17, 15) is 4.79 Å². The number of thioether (sulfide) groups is 1. The van der Waals surface area contributed by atoms with Crippen LogP contribution in [0.3, 0.4) is 0 Å². The average Bonchev–Trinajstić information content (AvgIpc) is 3.03. The van der Waals surface area contributed by atoms with Crippen molar-refractivity contribution < 1.29 is 14.3 Å². The molecule has 0 amide bonds. The van der Waals surface area contributed by atoms with E-state index in [0.29, 0.717) is 13.0 Å². The summed E-state index contributed by atoms with van der Waals surface area (Å²) in [5.41, 5.74) is 5.25. The van der Waals surface area contributed by atoms with Crippen LogP contribution in [0.5, 0.6) is 0 Å². The molecule has 1 atom stereocenters. The lowest BCUT2D eigenvalue weighted by molar-refractivity contribution is -0.140. The van der Waals surface area contributed by atoms with Gasteiger partial charge < -0.3 is 9.47 Å². The van der Waals surface area contributed by atoms with Gasteiger partial charge in [-0.1, -0.05) is 49.0 Å². The number of ether oxygens (including phenoxy) is 2. The van der Waals surface area contributed by atoms with Crippen LogP contribution in [0.25, 0.3) is 0 Å². The quantitative estimate of drug-likeness (QED) is 0.221. The van der Waals surface area contributed by atoms with Crippen molar-refractivity contribution >= 4 is 17.7 Å². The zero-order valence-electron chi connectivity index (χ0n) is 20.9. The van der Waals surface area contributed by atoms with Gasteiger partial charge in [0, 0.05) is 6.42 Å². The van der Waals surface area contributed by atoms with E-state index in [1.165, 1.54) is 34.3 Å². The number of hydrogen-bond donors (Lipinski definition) is 0. The van der Waals surface area contributed by atoms with Gasteiger partial charge in [0.1, 0.15) is 12.4 Å². The minimum atomic E-state index is -0.174. The molecule has 176 valence electrons. The molecule has 1 aliphatic carbocycles. The number of carbonyl (C=O) groups is 1. The first-order valence-electron chi connectivity index (χ1n) is 11.3. The molecule has 1 unspecified atom stereocenters. The number of allylic oxidation sites excluding steroid dienone is 11. The van der Waals surface area contributed by atoms with Crippen LogP contribution in [0.1, 0.15) is 60.3 Å². The number of rotatable bonds is 12. The van der Waals surface area contributed by atoms with Gasteiger partial charge in [0.2, 0.25) is 0 Å². The molecule has 4 heteroatoms. The second-order valence-corrected chi connectivity index (χ2v) is 8.95. The standard InChI is InChI=1S/C28H40O3S/c1-8-11-25(18-21(3)19-26(9-2)22(4)23(5)32-7)20-31-27-13-10-12-24(14-16-27)15-17-28(29)30-6/h9-14,16,18,24H,8,15,17,19-20H2,1-7H3/b21-18+,23-22-,25-11+,26-9+. The number of esters is 1. The Hall–Kier alpha value is -2.20. The second-order valence-electron chi connectivity index (χ2n) is 7.93. The Kier molecular flexibility index (Phi) is 13.5. The summed E-state index contributed by atoms with van der Waals surface area (Å²) in [4.78, 5) is 12.7. The molecule has 0 heterocycles. The van der Waals surface area contributed by atoms with Crippen molar-refractivity contribution in [3.05, 3.63) is 81.6 Å². The predicted molar refractivity (Wildman–Crippen MR) is 139 cm³/mol. The molecule has 0 aromatic heterocycles. The Morgan fingerprint density at radius 2 is 1.97 bits per heavy atom. The molecule has 1 rings (SSSR count). The average molecular weight is 457 g/mol. The van der Waals surface area contributed by atoms with Crippen LogP contribution in [-0.2, 0) is 14.3 Å². The van der Waals surface area contributed by atoms with Crippen molar-refractivity contribution in [1.82, 2.24) is 0 Å². The smallest absolute Gasteiger partial charge is 0.305 e. The largest absolute Gasteiger partial charge is 0.489 e. The fraction of sp³-hybridized carbons (Fsp3) is 0.464. The molecule has 0 aromatic rings. The number of carbonyl (C=O) groups excluding carboxylic acids is 1. The molecule has 0 saturated heterocycles. The van der Waals surface area contributed by atoms with Gasteiger partial charge in [0.25, 0.3) is 0 Å². The molecule has 3 nitrogen and oxygen atoms in total. The molecule has 0 bridgehead atoms. The van der Waals surface area contributed by atoms with Gasteiger partial charge in [-0.2, -0.15) is 0 Å². The lowest BCUT2D eigenvalue weighted by Crippen LogP contribution is -2.03. The molecule has 0 aromatic carbocycles. The SMILES string of the molecule is C/C=C(C/C(C)=C/C(=C\CC)COC1=CC=CC(CCC(=O)OC)C=C1)/C(C)=C(/C)SC. The van der Waals surface area contributed by atoms with Gasteiger partial charge in [-0.05, 0) is 92.9 Å². The Balaban J connectivity index is 2.76. The molecule has 0 radical (unpaired) electrons. The first kappa shape index (κ1) is 27.8. The van der Waals surface area contributed by atoms with E-state index in [4.69, 9.17) is 9.47 Å². The van der Waals surface area contributed by atoms with Crippen LogP contribution < -0.4 is 0 Å². The van der Waals surface area contributed by atoms with Crippen LogP contribution in [0.2, 0.25) is 0 Å². The topological polar surface area (TPSA) is 35.5 Å². The van der Waals surface area contributed by atoms with Crippen LogP contribution >= 0.6 is 11.8 Å². The Morgan fingerprint density at radius 3 is 2.59 bits per heavy atom. The van der Waals surface area contributed by atoms with E-state index in [2.05, 4.69) is 71.3 Å². The molecule has 0 N–H and O–H groups in total. The number of methoxy groups -OCH3 is 1. The zero-order chi connectivity index (χ0) is 23.9. The van der Waals surface area contributed by atoms with Crippen LogP contribution in [0.4, 0.5) is 0 Å². The van der Waals surface area contributed by atoms with Crippen LogP contribution in [-0.4, -0.2) is 25.9 Å². The normalized spacial score (nSPS) is 18.2. The summed E-state index contributed by atoms with van der Waals surface area (Å²) in [7, 11) is 1.43. The molecular formula is C28H40O3S. The lowest BCUT2D eigenvalue weighted by atomic mass is 9.98. The van der Waals surface area contributed by atoms with E-state index in [-0.39, 0.29) is 11.9 Å². The minimum Gasteiger partial charge on any atom is -0.489 e. The van der Waals surface area contributed by atoms with E-state index < -0.39 is 0 Å². The molecule has 0 spiro atoms. The molecule has 0 saturated carbocycles. The molecular weight excluding hydrogens is 416 g/mol. The van der Waals surface area contributed by atoms with E-state index in [1.54, 1.807) is 11.8 Å². The van der Waals surface area contributed by atoms with Crippen molar-refractivity contribution in [1.29, 1.82) is 0 Å². The third-order valence-corrected chi connectivity index (χ3v) is 6.39. The van der Waals surface area contributed by atoms with E-state index >= 15 is 0 Å². The molecule has 32 heavy (non-hydrogen) atoms. The van der Waals surface area contributed by atoms with Crippen molar-refractivity contribution in [2.24, 2.45) is 5.92 Å². The van der Waals surface area contributed by atoms with Gasteiger partial charge in [-0.15, -0.1) is 11.8 Å². The van der Waals surface area contributed by atoms with Gasteiger partial charge >= 0.3 is 5.97 Å². The molecule has 1 aliphatic rings. The van der Waals surface area contributed by atoms with Crippen molar-refractivity contribution in [3.8, 4) is 0 Å². The van der Waals surface area contributed by atoms with E-state index in [0.717, 1.165) is 25.0 Å². The zero-order valence-corrected chi connectivity index (χ0v) is 21.7. The summed E-state index contributed by atoms with van der Waals surface area (Å²) in [5, 5.41) is 0. The van der Waals surface area contributed by atoms with E-state index in [1.807, 2.05) is 18.2 Å². The monoisotopic (exact) mass is 456 g/mol. The van der Waals surface area contributed by atoms with Crippen molar-refractivity contribution in [2.45, 2.75) is 60.3 Å². The van der Waals surface area contributed by atoms with Gasteiger partial charge in [-0.3, -0.25) is 4.79 Å².